The summed E-state index contributed by atoms with van der Waals surface area (Å²) in [7, 11) is 1.59. The lowest BCUT2D eigenvalue weighted by molar-refractivity contribution is 0.415. The summed E-state index contributed by atoms with van der Waals surface area (Å²) in [5, 5.41) is 0.624. The maximum atomic E-state index is 5.90. The zero-order valence-corrected chi connectivity index (χ0v) is 51.3. The van der Waals surface area contributed by atoms with Gasteiger partial charge in [-0.3, -0.25) is 0 Å². The third kappa shape index (κ3) is 21.5. The fourth-order valence-electron chi connectivity index (χ4n) is 5.33. The van der Waals surface area contributed by atoms with Crippen LogP contribution in [0, 0.1) is 0 Å². The Kier molecular flexibility index (Phi) is 23.8. The Morgan fingerprint density at radius 2 is 0.600 bits per heavy atom. The van der Waals surface area contributed by atoms with Crippen LogP contribution >= 0.6 is 220 Å². The molecule has 0 amide bonds. The fourth-order valence-corrected chi connectivity index (χ4v) is 6.98. The van der Waals surface area contributed by atoms with Gasteiger partial charge in [-0.05, 0) is 58.7 Å². The van der Waals surface area contributed by atoms with Crippen LogP contribution in [-0.4, -0.2) is 52.0 Å². The summed E-state index contributed by atoms with van der Waals surface area (Å²) < 4.78 is -6.20. The molecule has 0 spiro atoms. The van der Waals surface area contributed by atoms with Crippen molar-refractivity contribution in [3.63, 3.8) is 0 Å². The highest BCUT2D eigenvalue weighted by molar-refractivity contribution is 6.69. The molecule has 0 N–H and O–H groups in total. The molecule has 75 heavy (non-hydrogen) atoms. The molecule has 0 saturated carbocycles. The minimum atomic E-state index is -1.89. The molecule has 10 nitrogen and oxygen atoms in total. The summed E-state index contributed by atoms with van der Waals surface area (Å²) in [6, 6.07) is 31.9. The van der Waals surface area contributed by atoms with Gasteiger partial charge in [-0.2, -0.15) is 0 Å². The summed E-state index contributed by atoms with van der Waals surface area (Å²) in [5.41, 5.74) is 4.49. The molecule has 7 aromatic rings. The number of rotatable bonds is 8. The monoisotopic (exact) mass is 1380 g/mol. The van der Waals surface area contributed by atoms with Crippen LogP contribution in [0.1, 0.15) is 68.8 Å². The Labute approximate surface area is 524 Å². The molecule has 0 bridgehead atoms. The number of hydrogen-bond acceptors (Lipinski definition) is 10. The molecule has 0 aliphatic heterocycles. The molecule has 0 saturated heterocycles. The van der Waals surface area contributed by atoms with Gasteiger partial charge in [0.05, 0.1) is 7.11 Å². The zero-order valence-electron chi connectivity index (χ0n) is 36.9. The van der Waals surface area contributed by atoms with Crippen LogP contribution in [0.4, 0.5) is 0 Å². The second kappa shape index (κ2) is 27.7. The van der Waals surface area contributed by atoms with Crippen molar-refractivity contribution in [3.05, 3.63) is 177 Å². The molecule has 394 valence electrons. The van der Waals surface area contributed by atoms with E-state index in [1.165, 1.54) is 0 Å². The lowest BCUT2D eigenvalue weighted by atomic mass is 10.1. The number of halogens is 19. The first-order chi connectivity index (χ1) is 34.8. The second-order valence-corrected chi connectivity index (χ2v) is 28.5. The molecule has 0 fully saturated rings. The minimum Gasteiger partial charge on any atom is -0.497 e. The van der Waals surface area contributed by atoms with Crippen molar-refractivity contribution in [3.8, 4) is 17.1 Å². The van der Waals surface area contributed by atoms with Crippen LogP contribution in [-0.2, 0) is 22.8 Å². The van der Waals surface area contributed by atoms with E-state index in [9.17, 15) is 0 Å². The molecule has 0 aliphatic rings. The van der Waals surface area contributed by atoms with Gasteiger partial charge in [0.15, 0.2) is 52.4 Å². The number of benzene rings is 4. The standard InChI is InChI=1S/C19H11Cl6N3.C14H9Cl6N3O.C13H6Cl7N3/c20-18(21,22)16-26-15(27-17(28-16)19(23,24)25)14-10-8-13(9-11-14)7-6-12-4-2-1-3-5-12;1-24-9-5-2-8(3-6-9)4-7-10-21-11(13(15,16)17)23-12(22-10)14(18,19)20;14-8-4-1-7(2-5-8)3-6-9-21-10(12(15,16)17)23-11(22-9)13(18,19)20/h1-11H;2-7H,1H3;1-6H/b7-6+;7-4+;6-3+. The normalized spacial score (nSPS) is 12.6. The fraction of sp³-hybridized carbons (Fsp3) is 0.152. The number of ether oxygens (including phenoxy) is 1. The van der Waals surface area contributed by atoms with Gasteiger partial charge >= 0.3 is 0 Å². The van der Waals surface area contributed by atoms with Crippen LogP contribution in [0.5, 0.6) is 5.75 Å². The number of hydrogen-bond donors (Lipinski definition) is 0. The summed E-state index contributed by atoms with van der Waals surface area (Å²) >= 11 is 111. The Hall–Kier alpha value is -1.56. The molecule has 0 atom stereocenters. The van der Waals surface area contributed by atoms with Gasteiger partial charge in [-0.15, -0.1) is 0 Å². The Morgan fingerprint density at radius 3 is 0.920 bits per heavy atom. The largest absolute Gasteiger partial charge is 0.497 e. The third-order valence-corrected chi connectivity index (χ3v) is 12.0. The molecule has 3 heterocycles. The molecule has 7 rings (SSSR count). The molecule has 0 radical (unpaired) electrons. The molecular formula is C46H26Cl19N9O. The highest BCUT2D eigenvalue weighted by Gasteiger charge is 2.36. The van der Waals surface area contributed by atoms with Crippen molar-refractivity contribution in [2.24, 2.45) is 0 Å². The predicted molar refractivity (Wildman–Crippen MR) is 318 cm³/mol. The van der Waals surface area contributed by atoms with Crippen molar-refractivity contribution in [1.82, 2.24) is 44.9 Å². The number of nitrogens with zero attached hydrogens (tertiary/aromatic N) is 9. The van der Waals surface area contributed by atoms with Crippen molar-refractivity contribution < 1.29 is 4.74 Å². The first-order valence-electron chi connectivity index (χ1n) is 20.1. The third-order valence-electron chi connectivity index (χ3n) is 8.73. The van der Waals surface area contributed by atoms with E-state index in [0.717, 1.165) is 28.0 Å². The average Bonchev–Trinajstić information content (AvgIpc) is 3.34. The average molecular weight is 1390 g/mol. The van der Waals surface area contributed by atoms with E-state index in [4.69, 9.17) is 225 Å². The van der Waals surface area contributed by atoms with Gasteiger partial charge in [0.2, 0.25) is 22.8 Å². The van der Waals surface area contributed by atoms with Gasteiger partial charge < -0.3 is 4.74 Å². The van der Waals surface area contributed by atoms with Crippen molar-refractivity contribution in [2.45, 2.75) is 22.8 Å². The van der Waals surface area contributed by atoms with Crippen LogP contribution in [0.2, 0.25) is 5.02 Å². The van der Waals surface area contributed by atoms with E-state index in [1.807, 2.05) is 103 Å². The summed E-state index contributed by atoms with van der Waals surface area (Å²) in [4.78, 5) is 36.3. The highest BCUT2D eigenvalue weighted by Crippen LogP contribution is 2.43. The molecular weight excluding hydrogens is 1370 g/mol. The van der Waals surface area contributed by atoms with Gasteiger partial charge in [-0.25, -0.2) is 44.9 Å². The van der Waals surface area contributed by atoms with Crippen LogP contribution in [0.3, 0.4) is 0 Å². The van der Waals surface area contributed by atoms with Gasteiger partial charge in [0.25, 0.3) is 0 Å². The van der Waals surface area contributed by atoms with Gasteiger partial charge in [0, 0.05) is 10.6 Å². The van der Waals surface area contributed by atoms with Gasteiger partial charge in [0.1, 0.15) is 5.75 Å². The number of alkyl halides is 18. The van der Waals surface area contributed by atoms with E-state index in [-0.39, 0.29) is 52.4 Å². The summed E-state index contributed by atoms with van der Waals surface area (Å²) in [6.07, 6.45) is 10.6. The Bertz CT molecular complexity index is 3000. The van der Waals surface area contributed by atoms with Crippen molar-refractivity contribution in [2.75, 3.05) is 7.11 Å². The van der Waals surface area contributed by atoms with E-state index in [2.05, 4.69) is 44.9 Å². The molecule has 4 aromatic carbocycles. The predicted octanol–water partition coefficient (Wildman–Crippen LogP) is 19.4. The van der Waals surface area contributed by atoms with E-state index in [0.29, 0.717) is 10.6 Å². The Morgan fingerprint density at radius 1 is 0.320 bits per heavy atom. The lowest BCUT2D eigenvalue weighted by Crippen LogP contribution is -2.16. The summed E-state index contributed by atoms with van der Waals surface area (Å²) in [6.45, 7) is 0. The lowest BCUT2D eigenvalue weighted by Gasteiger charge is -2.15. The molecule has 3 aromatic heterocycles. The molecule has 0 aliphatic carbocycles. The summed E-state index contributed by atoms with van der Waals surface area (Å²) in [5.74, 6) is 0.510. The SMILES string of the molecule is COc1ccc(/C=C/c2nc(C(Cl)(Cl)Cl)nc(C(Cl)(Cl)Cl)n2)cc1.ClC(Cl)(Cl)c1nc(-c2ccc(/C=C/c3ccccc3)cc2)nc(C(Cl)(Cl)Cl)n1.Clc1ccc(/C=C/c2nc(C(Cl)(Cl)Cl)nc(C(Cl)(Cl)Cl)n2)cc1. The van der Waals surface area contributed by atoms with Crippen molar-refractivity contribution >= 4 is 257 Å². The van der Waals surface area contributed by atoms with Gasteiger partial charge in [-0.1, -0.05) is 324 Å². The maximum Gasteiger partial charge on any atom is 0.250 e. The first-order valence-corrected chi connectivity index (χ1v) is 27.3. The molecule has 29 heteroatoms. The highest BCUT2D eigenvalue weighted by atomic mass is 35.6. The van der Waals surface area contributed by atoms with E-state index >= 15 is 0 Å². The van der Waals surface area contributed by atoms with Crippen LogP contribution in [0.15, 0.2) is 103 Å². The van der Waals surface area contributed by atoms with Crippen molar-refractivity contribution in [1.29, 1.82) is 0 Å². The zero-order chi connectivity index (χ0) is 55.6. The number of methoxy groups -OCH3 is 1. The molecule has 0 unspecified atom stereocenters. The number of aromatic nitrogens is 9. The van der Waals surface area contributed by atoms with E-state index < -0.39 is 22.8 Å². The van der Waals surface area contributed by atoms with Crippen LogP contribution in [0.25, 0.3) is 47.8 Å². The minimum absolute atomic E-state index is 0.128. The Balaban J connectivity index is 0.000000209. The van der Waals surface area contributed by atoms with Crippen LogP contribution < -0.4 is 4.74 Å². The first kappa shape index (κ1) is 64.3. The van der Waals surface area contributed by atoms with E-state index in [1.54, 1.807) is 43.5 Å². The maximum absolute atomic E-state index is 5.90. The quantitative estimate of drug-likeness (QED) is 0.107. The second-order valence-electron chi connectivity index (χ2n) is 14.3. The smallest absolute Gasteiger partial charge is 0.250 e. The topological polar surface area (TPSA) is 125 Å².